The highest BCUT2D eigenvalue weighted by molar-refractivity contribution is 7.59. The van der Waals surface area contributed by atoms with Gasteiger partial charge in [0.15, 0.2) is 16.6 Å². The van der Waals surface area contributed by atoms with Gasteiger partial charge in [-0.1, -0.05) is 12.6 Å². The van der Waals surface area contributed by atoms with Crippen LogP contribution in [0.4, 0.5) is 5.13 Å². The number of hydrogen-bond donors (Lipinski definition) is 3. The number of aromatic nitrogens is 1. The molecule has 2 heterocycles. The molecule has 0 spiro atoms. The van der Waals surface area contributed by atoms with Gasteiger partial charge >= 0.3 is 5.97 Å². The van der Waals surface area contributed by atoms with Crippen LogP contribution in [-0.4, -0.2) is 55.9 Å². The van der Waals surface area contributed by atoms with Gasteiger partial charge in [-0.3, -0.25) is 14.8 Å². The predicted molar refractivity (Wildman–Crippen MR) is 99.6 cm³/mol. The molecule has 1 saturated heterocycles. The van der Waals surface area contributed by atoms with E-state index < -0.39 is 35.7 Å². The Morgan fingerprint density at radius 2 is 2.12 bits per heavy atom. The average molecular weight is 406 g/mol. The molecule has 0 saturated carbocycles. The van der Waals surface area contributed by atoms with E-state index in [2.05, 4.69) is 15.0 Å². The van der Waals surface area contributed by atoms with Crippen molar-refractivity contribution < 1.29 is 29.5 Å². The number of thiazole rings is 1. The second-order valence-electron chi connectivity index (χ2n) is 5.66. The van der Waals surface area contributed by atoms with Crippen molar-refractivity contribution in [2.45, 2.75) is 33.2 Å². The number of ketones is 1. The smallest absolute Gasteiger partial charge is 0.344 e. The number of hydroxylamine groups is 2. The van der Waals surface area contributed by atoms with Gasteiger partial charge in [-0.15, -0.1) is 11.3 Å². The lowest BCUT2D eigenvalue weighted by molar-refractivity contribution is -0.242. The molecule has 1 fully saturated rings. The monoisotopic (exact) mass is 406 g/mol. The molecule has 1 aliphatic heterocycles. The first-order valence-electron chi connectivity index (χ1n) is 6.84. The minimum absolute atomic E-state index is 0. The van der Waals surface area contributed by atoms with Crippen molar-refractivity contribution >= 4 is 53.3 Å². The number of Topliss-reactive ketones (excluding diaryl/α,β-unsaturated/α-hetero) is 1. The first-order valence-corrected chi connectivity index (χ1v) is 7.71. The van der Waals surface area contributed by atoms with E-state index in [1.807, 2.05) is 0 Å². The van der Waals surface area contributed by atoms with Crippen molar-refractivity contribution in [2.75, 3.05) is 12.3 Å². The third kappa shape index (κ3) is 4.71. The number of carbonyl (C=O) groups excluding carboxylic acids is 2. The van der Waals surface area contributed by atoms with Crippen molar-refractivity contribution in [2.24, 2.45) is 11.1 Å². The summed E-state index contributed by atoms with van der Waals surface area (Å²) < 4.78 is 0. The van der Waals surface area contributed by atoms with E-state index >= 15 is 0 Å². The zero-order chi connectivity index (χ0) is 18.1. The van der Waals surface area contributed by atoms with Crippen LogP contribution < -0.4 is 5.73 Å². The Bertz CT molecular complexity index is 718. The molecule has 1 atom stereocenters. The number of nitrogen functional groups attached to an aromatic ring is 1. The molecule has 4 N–H and O–H groups in total. The van der Waals surface area contributed by atoms with Crippen molar-refractivity contribution in [3.05, 3.63) is 11.1 Å². The second-order valence-corrected chi connectivity index (χ2v) is 6.55. The number of carboxylic acids is 1. The van der Waals surface area contributed by atoms with E-state index in [4.69, 9.17) is 10.8 Å². The lowest BCUT2D eigenvalue weighted by Gasteiger charge is -2.49. The zero-order valence-electron chi connectivity index (χ0n) is 13.4. The maximum absolute atomic E-state index is 12.5. The van der Waals surface area contributed by atoms with E-state index in [1.165, 1.54) is 5.38 Å². The highest BCUT2D eigenvalue weighted by atomic mass is 32.1. The van der Waals surface area contributed by atoms with Crippen LogP contribution in [0.25, 0.3) is 0 Å². The van der Waals surface area contributed by atoms with Crippen molar-refractivity contribution in [3.8, 4) is 0 Å². The van der Waals surface area contributed by atoms with Crippen LogP contribution in [0.3, 0.4) is 0 Å². The standard InChI is InChI=1S/C13H16N4O6S.CH4.H2S/c1-13(2)6(11(21)17(13)22)3-8(18)10(16-23-4-9(19)20)7-5-24-12(14)15-7;;/h5-6,22H,3-4H2,1-2H3,(H2,14,15)(H,19,20);1H4;1H2/b16-10-;;. The summed E-state index contributed by atoms with van der Waals surface area (Å²) in [7, 11) is 0. The van der Waals surface area contributed by atoms with E-state index in [0.29, 0.717) is 5.06 Å². The van der Waals surface area contributed by atoms with Gasteiger partial charge in [0.25, 0.3) is 5.91 Å². The summed E-state index contributed by atoms with van der Waals surface area (Å²) in [5.41, 5.74) is 4.56. The SMILES string of the molecule is C.CC1(C)C(CC(=O)/C(=N\OCC(=O)O)c2csc(N)n2)C(=O)N1O.S. The number of aliphatic carboxylic acids is 1. The molecule has 0 radical (unpaired) electrons. The number of rotatable bonds is 7. The van der Waals surface area contributed by atoms with Gasteiger partial charge in [0.2, 0.25) is 6.61 Å². The number of β-lactam (4-membered cyclic amide) rings is 1. The van der Waals surface area contributed by atoms with Crippen LogP contribution in [0.2, 0.25) is 0 Å². The van der Waals surface area contributed by atoms with Crippen LogP contribution in [-0.2, 0) is 19.2 Å². The van der Waals surface area contributed by atoms with Gasteiger partial charge in [-0.25, -0.2) is 14.8 Å². The molecule has 2 rings (SSSR count). The highest BCUT2D eigenvalue weighted by Crippen LogP contribution is 2.38. The normalized spacial score (nSPS) is 18.3. The number of nitrogens with two attached hydrogens (primary N) is 1. The fourth-order valence-electron chi connectivity index (χ4n) is 2.22. The quantitative estimate of drug-likeness (QED) is 0.261. The molecule has 1 aromatic heterocycles. The summed E-state index contributed by atoms with van der Waals surface area (Å²) in [6.07, 6.45) is -0.227. The molecule has 26 heavy (non-hydrogen) atoms. The van der Waals surface area contributed by atoms with Crippen molar-refractivity contribution in [1.82, 2.24) is 10.0 Å². The molecule has 12 heteroatoms. The minimum atomic E-state index is -1.26. The van der Waals surface area contributed by atoms with E-state index in [0.717, 1.165) is 11.3 Å². The number of carboxylic acid groups (broad SMARTS) is 1. The summed E-state index contributed by atoms with van der Waals surface area (Å²) in [5.74, 6) is -3.12. The number of carbonyl (C=O) groups is 3. The number of nitrogens with zero attached hydrogens (tertiary/aromatic N) is 3. The maximum Gasteiger partial charge on any atom is 0.344 e. The number of oxime groups is 1. The first-order chi connectivity index (χ1) is 11.1. The predicted octanol–water partition coefficient (Wildman–Crippen LogP) is 0.865. The fraction of sp³-hybridized carbons (Fsp3) is 0.500. The topological polar surface area (TPSA) is 155 Å². The Balaban J connectivity index is 0.00000312. The fourth-order valence-corrected chi connectivity index (χ4v) is 2.77. The largest absolute Gasteiger partial charge is 0.479 e. The lowest BCUT2D eigenvalue weighted by Crippen LogP contribution is -2.66. The highest BCUT2D eigenvalue weighted by Gasteiger charge is 2.54. The van der Waals surface area contributed by atoms with Crippen LogP contribution in [0.15, 0.2) is 10.5 Å². The average Bonchev–Trinajstić information content (AvgIpc) is 2.93. The Morgan fingerprint density at radius 3 is 2.58 bits per heavy atom. The molecule has 1 amide bonds. The van der Waals surface area contributed by atoms with Crippen LogP contribution >= 0.6 is 24.8 Å². The third-order valence-electron chi connectivity index (χ3n) is 3.67. The van der Waals surface area contributed by atoms with E-state index in [-0.39, 0.29) is 43.9 Å². The summed E-state index contributed by atoms with van der Waals surface area (Å²) in [6, 6.07) is 0. The van der Waals surface area contributed by atoms with Crippen LogP contribution in [0, 0.1) is 5.92 Å². The van der Waals surface area contributed by atoms with Crippen molar-refractivity contribution in [1.29, 1.82) is 0 Å². The van der Waals surface area contributed by atoms with Gasteiger partial charge in [-0.05, 0) is 13.8 Å². The summed E-state index contributed by atoms with van der Waals surface area (Å²) in [5, 5.41) is 23.9. The van der Waals surface area contributed by atoms with Crippen molar-refractivity contribution in [3.63, 3.8) is 0 Å². The molecule has 10 nitrogen and oxygen atoms in total. The number of amides is 1. The molecule has 1 unspecified atom stereocenters. The minimum Gasteiger partial charge on any atom is -0.479 e. The van der Waals surface area contributed by atoms with Gasteiger partial charge < -0.3 is 15.7 Å². The summed E-state index contributed by atoms with van der Waals surface area (Å²) in [6.45, 7) is 2.50. The maximum atomic E-state index is 12.5. The molecule has 1 aliphatic rings. The molecule has 0 aromatic carbocycles. The van der Waals surface area contributed by atoms with Gasteiger partial charge in [0, 0.05) is 11.8 Å². The third-order valence-corrected chi connectivity index (χ3v) is 4.34. The Labute approximate surface area is 161 Å². The lowest BCUT2D eigenvalue weighted by atomic mass is 9.74. The number of anilines is 1. The second kappa shape index (κ2) is 8.96. The molecule has 1 aromatic rings. The van der Waals surface area contributed by atoms with E-state index in [1.54, 1.807) is 13.8 Å². The molecular formula is C14H22N4O6S2. The summed E-state index contributed by atoms with van der Waals surface area (Å²) >= 11 is 1.08. The first kappa shape index (κ1) is 23.8. The van der Waals surface area contributed by atoms with Gasteiger partial charge in [-0.2, -0.15) is 13.5 Å². The van der Waals surface area contributed by atoms with Gasteiger partial charge in [0.1, 0.15) is 5.69 Å². The zero-order valence-corrected chi connectivity index (χ0v) is 15.2. The Morgan fingerprint density at radius 1 is 1.50 bits per heavy atom. The van der Waals surface area contributed by atoms with Crippen LogP contribution in [0.1, 0.15) is 33.4 Å². The van der Waals surface area contributed by atoms with Gasteiger partial charge in [0.05, 0.1) is 11.5 Å². The van der Waals surface area contributed by atoms with E-state index in [9.17, 15) is 19.6 Å². The van der Waals surface area contributed by atoms with Crippen LogP contribution in [0.5, 0.6) is 0 Å². The molecular weight excluding hydrogens is 384 g/mol. The number of hydrogen-bond acceptors (Lipinski definition) is 9. The Hall–Kier alpha value is -2.18. The summed E-state index contributed by atoms with van der Waals surface area (Å²) in [4.78, 5) is 43.2. The Kier molecular flexibility index (Phi) is 8.21. The molecule has 0 bridgehead atoms. The molecule has 0 aliphatic carbocycles. The molecule has 146 valence electrons.